The van der Waals surface area contributed by atoms with Crippen molar-refractivity contribution in [2.75, 3.05) is 0 Å². The Hall–Kier alpha value is -0.490. The molecule has 0 spiro atoms. The zero-order valence-corrected chi connectivity index (χ0v) is 9.36. The van der Waals surface area contributed by atoms with Crippen LogP contribution in [0.1, 0.15) is 32.6 Å². The summed E-state index contributed by atoms with van der Waals surface area (Å²) >= 11 is 2.90. The Kier molecular flexibility index (Phi) is 4.31. The summed E-state index contributed by atoms with van der Waals surface area (Å²) in [5, 5.41) is 2.91. The molecule has 0 aromatic rings. The summed E-state index contributed by atoms with van der Waals surface area (Å²) in [5.74, 6) is 2.99. The van der Waals surface area contributed by atoms with Gasteiger partial charge in [0.05, 0.1) is 0 Å². The van der Waals surface area contributed by atoms with Crippen LogP contribution in [0.25, 0.3) is 0 Å². The number of amides is 1. The summed E-state index contributed by atoms with van der Waals surface area (Å²) in [6, 6.07) is 0.338. The van der Waals surface area contributed by atoms with Gasteiger partial charge in [-0.05, 0) is 23.6 Å². The first-order chi connectivity index (χ1) is 6.22. The van der Waals surface area contributed by atoms with Gasteiger partial charge in [0.25, 0.3) is 5.91 Å². The van der Waals surface area contributed by atoms with E-state index >= 15 is 0 Å². The van der Waals surface area contributed by atoms with Gasteiger partial charge < -0.3 is 5.32 Å². The van der Waals surface area contributed by atoms with Gasteiger partial charge in [-0.15, -0.1) is 0 Å². The molecule has 13 heavy (non-hydrogen) atoms. The number of halogens is 1. The molecule has 0 aromatic carbocycles. The Morgan fingerprint density at radius 3 is 2.92 bits per heavy atom. The molecule has 1 amide bonds. The summed E-state index contributed by atoms with van der Waals surface area (Å²) in [5.41, 5.74) is 0. The number of carbonyl (C=O) groups excluding carboxylic acids is 1. The van der Waals surface area contributed by atoms with Gasteiger partial charge in [-0.3, -0.25) is 4.79 Å². The maximum Gasteiger partial charge on any atom is 0.296 e. The lowest BCUT2D eigenvalue weighted by atomic mass is 9.87. The molecule has 0 aliphatic heterocycles. The second-order valence-electron chi connectivity index (χ2n) is 3.66. The maximum absolute atomic E-state index is 11.1. The molecule has 0 aromatic heterocycles. The highest BCUT2D eigenvalue weighted by atomic mass is 79.9. The Labute approximate surface area is 87.6 Å². The summed E-state index contributed by atoms with van der Waals surface area (Å²) in [7, 11) is 0. The van der Waals surface area contributed by atoms with E-state index in [1.54, 1.807) is 0 Å². The summed E-state index contributed by atoms with van der Waals surface area (Å²) in [6.07, 6.45) is 4.69. The molecule has 3 heteroatoms. The molecule has 1 saturated carbocycles. The summed E-state index contributed by atoms with van der Waals surface area (Å²) < 4.78 is 0. The van der Waals surface area contributed by atoms with Crippen LogP contribution in [0.15, 0.2) is 0 Å². The Balaban J connectivity index is 2.34. The second kappa shape index (κ2) is 5.29. The van der Waals surface area contributed by atoms with Crippen LogP contribution in [0.4, 0.5) is 0 Å². The molecule has 2 atom stereocenters. The number of carbonyl (C=O) groups is 1. The van der Waals surface area contributed by atoms with Gasteiger partial charge in [0.2, 0.25) is 0 Å². The average molecular weight is 244 g/mol. The highest BCUT2D eigenvalue weighted by molar-refractivity contribution is 9.12. The minimum atomic E-state index is -0.170. The first kappa shape index (κ1) is 10.6. The first-order valence-corrected chi connectivity index (χ1v) is 5.44. The Morgan fingerprint density at radius 2 is 2.31 bits per heavy atom. The molecule has 0 heterocycles. The predicted molar refractivity (Wildman–Crippen MR) is 56.3 cm³/mol. The van der Waals surface area contributed by atoms with Gasteiger partial charge in [0, 0.05) is 27.9 Å². The first-order valence-electron chi connectivity index (χ1n) is 4.64. The fourth-order valence-corrected chi connectivity index (χ4v) is 2.01. The van der Waals surface area contributed by atoms with Gasteiger partial charge in [-0.2, -0.15) is 0 Å². The molecule has 0 bridgehead atoms. The smallest absolute Gasteiger partial charge is 0.296 e. The minimum absolute atomic E-state index is 0.170. The van der Waals surface area contributed by atoms with Crippen molar-refractivity contribution in [3.05, 3.63) is 0 Å². The largest absolute Gasteiger partial charge is 0.342 e. The molecule has 0 saturated heterocycles. The Bertz CT molecular complexity index is 241. The van der Waals surface area contributed by atoms with Crippen LogP contribution in [0.2, 0.25) is 0 Å². The van der Waals surface area contributed by atoms with Crippen LogP contribution in [0.3, 0.4) is 0 Å². The van der Waals surface area contributed by atoms with E-state index in [1.165, 1.54) is 12.8 Å². The predicted octanol–water partition coefficient (Wildman–Crippen LogP) is 2.04. The molecule has 1 aliphatic rings. The molecule has 1 aliphatic carbocycles. The third-order valence-corrected chi connectivity index (χ3v) is 2.63. The van der Waals surface area contributed by atoms with Crippen molar-refractivity contribution < 1.29 is 4.79 Å². The van der Waals surface area contributed by atoms with Crippen molar-refractivity contribution in [1.82, 2.24) is 5.32 Å². The van der Waals surface area contributed by atoms with Crippen LogP contribution in [-0.4, -0.2) is 11.9 Å². The molecule has 2 nitrogen and oxygen atoms in total. The highest BCUT2D eigenvalue weighted by Gasteiger charge is 2.19. The molecular weight excluding hydrogens is 230 g/mol. The summed E-state index contributed by atoms with van der Waals surface area (Å²) in [4.78, 5) is 13.5. The van der Waals surface area contributed by atoms with E-state index in [4.69, 9.17) is 0 Å². The quantitative estimate of drug-likeness (QED) is 0.702. The van der Waals surface area contributed by atoms with Crippen LogP contribution >= 0.6 is 15.9 Å². The van der Waals surface area contributed by atoms with Crippen molar-refractivity contribution in [2.45, 2.75) is 38.6 Å². The maximum atomic E-state index is 11.1. The van der Waals surface area contributed by atoms with E-state index in [0.717, 1.165) is 18.8 Å². The van der Waals surface area contributed by atoms with E-state index < -0.39 is 0 Å². The van der Waals surface area contributed by atoms with Crippen LogP contribution in [0.5, 0.6) is 0 Å². The van der Waals surface area contributed by atoms with Gasteiger partial charge >= 0.3 is 0 Å². The van der Waals surface area contributed by atoms with Crippen LogP contribution in [-0.2, 0) is 4.79 Å². The van der Waals surface area contributed by atoms with E-state index in [-0.39, 0.29) is 5.91 Å². The number of hydrogen-bond acceptors (Lipinski definition) is 1. The molecule has 2 unspecified atom stereocenters. The van der Waals surface area contributed by atoms with Crippen LogP contribution < -0.4 is 5.32 Å². The average Bonchev–Trinajstić information content (AvgIpc) is 2.04. The lowest BCUT2D eigenvalue weighted by Gasteiger charge is -2.26. The van der Waals surface area contributed by atoms with Crippen LogP contribution in [0, 0.1) is 16.7 Å². The second-order valence-corrected chi connectivity index (χ2v) is 4.06. The Morgan fingerprint density at radius 1 is 1.54 bits per heavy atom. The van der Waals surface area contributed by atoms with Crippen molar-refractivity contribution in [1.29, 1.82) is 0 Å². The third-order valence-electron chi connectivity index (χ3n) is 2.43. The molecule has 1 rings (SSSR count). The molecular formula is C10H14BrNO. The van der Waals surface area contributed by atoms with E-state index in [2.05, 4.69) is 38.9 Å². The third kappa shape index (κ3) is 3.82. The molecule has 1 fully saturated rings. The lowest BCUT2D eigenvalue weighted by Crippen LogP contribution is -2.37. The summed E-state index contributed by atoms with van der Waals surface area (Å²) in [6.45, 7) is 2.23. The highest BCUT2D eigenvalue weighted by Crippen LogP contribution is 2.23. The zero-order chi connectivity index (χ0) is 9.68. The van der Waals surface area contributed by atoms with Gasteiger partial charge in [0.15, 0.2) is 0 Å². The van der Waals surface area contributed by atoms with Crippen molar-refractivity contribution in [2.24, 2.45) is 5.92 Å². The van der Waals surface area contributed by atoms with Gasteiger partial charge in [0.1, 0.15) is 0 Å². The standard InChI is InChI=1S/C10H14BrNO/c1-8-3-2-4-9(7-8)12-10(13)5-6-11/h8-9H,2-4,7H2,1H3,(H,12,13). The monoisotopic (exact) mass is 243 g/mol. The molecule has 1 N–H and O–H groups in total. The van der Waals surface area contributed by atoms with Crippen molar-refractivity contribution in [3.8, 4) is 10.8 Å². The van der Waals surface area contributed by atoms with Crippen molar-refractivity contribution in [3.63, 3.8) is 0 Å². The van der Waals surface area contributed by atoms with Gasteiger partial charge in [-0.1, -0.05) is 19.8 Å². The van der Waals surface area contributed by atoms with Crippen molar-refractivity contribution >= 4 is 21.8 Å². The normalized spacial score (nSPS) is 27.2. The van der Waals surface area contributed by atoms with E-state index in [1.807, 2.05) is 0 Å². The molecule has 72 valence electrons. The topological polar surface area (TPSA) is 29.1 Å². The zero-order valence-electron chi connectivity index (χ0n) is 7.77. The fourth-order valence-electron chi connectivity index (χ4n) is 1.83. The van der Waals surface area contributed by atoms with E-state index in [0.29, 0.717) is 6.04 Å². The fraction of sp³-hybridized carbons (Fsp3) is 0.700. The lowest BCUT2D eigenvalue weighted by molar-refractivity contribution is -0.116. The minimum Gasteiger partial charge on any atom is -0.342 e. The molecule has 0 radical (unpaired) electrons. The van der Waals surface area contributed by atoms with Gasteiger partial charge in [-0.25, -0.2) is 0 Å². The SMILES string of the molecule is CC1CCCC(NC(=O)C#CBr)C1. The number of hydrogen-bond donors (Lipinski definition) is 1. The number of nitrogens with one attached hydrogen (secondary N) is 1. The van der Waals surface area contributed by atoms with E-state index in [9.17, 15) is 4.79 Å². The number of rotatable bonds is 1.